The van der Waals surface area contributed by atoms with Gasteiger partial charge in [0.2, 0.25) is 0 Å². The number of methoxy groups -OCH3 is 1. The van der Waals surface area contributed by atoms with Gasteiger partial charge >= 0.3 is 0 Å². The summed E-state index contributed by atoms with van der Waals surface area (Å²) >= 11 is 0. The van der Waals surface area contributed by atoms with Crippen LogP contribution < -0.4 is 9.47 Å². The third-order valence-corrected chi connectivity index (χ3v) is 4.45. The maximum atomic E-state index is 10.6. The van der Waals surface area contributed by atoms with Crippen LogP contribution in [0, 0.1) is 11.8 Å². The van der Waals surface area contributed by atoms with Gasteiger partial charge in [-0.2, -0.15) is 0 Å². The van der Waals surface area contributed by atoms with Gasteiger partial charge in [-0.3, -0.25) is 0 Å². The number of aliphatic hydroxyl groups is 3. The number of hydrogen-bond donors (Lipinski definition) is 3. The van der Waals surface area contributed by atoms with Crippen LogP contribution in [0.15, 0.2) is 61.2 Å². The predicted molar refractivity (Wildman–Crippen MR) is 100 cm³/mol. The van der Waals surface area contributed by atoms with Gasteiger partial charge in [-0.15, -0.1) is 6.58 Å². The van der Waals surface area contributed by atoms with Gasteiger partial charge in [0, 0.05) is 25.0 Å². The Bertz CT molecular complexity index is 686. The molecular weight excluding hydrogens is 332 g/mol. The summed E-state index contributed by atoms with van der Waals surface area (Å²) in [4.78, 5) is 0. The van der Waals surface area contributed by atoms with E-state index in [4.69, 9.17) is 9.47 Å². The molecule has 2 rings (SSSR count). The lowest BCUT2D eigenvalue weighted by molar-refractivity contribution is 0.0273. The van der Waals surface area contributed by atoms with Crippen LogP contribution in [-0.4, -0.2) is 35.6 Å². The molecule has 0 fully saturated rings. The van der Waals surface area contributed by atoms with Crippen LogP contribution in [0.5, 0.6) is 11.5 Å². The standard InChI is InChI=1S/C21H26O5/c1-3-16(12-22)18(13-23)21(24)17-9-10-19(20(11-17)25-2)26-14-15-7-5-4-6-8-15/h3-11,16,18,21-24H,1,12-14H2,2H3/t16-,18-,21?/m0/s1. The molecule has 2 aromatic carbocycles. The second-order valence-corrected chi connectivity index (χ2v) is 6.06. The van der Waals surface area contributed by atoms with E-state index in [9.17, 15) is 15.3 Å². The number of ether oxygens (including phenoxy) is 2. The Hall–Kier alpha value is -2.34. The summed E-state index contributed by atoms with van der Waals surface area (Å²) in [6, 6.07) is 14.9. The predicted octanol–water partition coefficient (Wildman–Crippen LogP) is 2.71. The van der Waals surface area contributed by atoms with Crippen LogP contribution in [-0.2, 0) is 6.61 Å². The van der Waals surface area contributed by atoms with Crippen molar-refractivity contribution in [3.8, 4) is 11.5 Å². The fourth-order valence-corrected chi connectivity index (χ4v) is 2.82. The maximum absolute atomic E-state index is 10.6. The zero-order chi connectivity index (χ0) is 18.9. The van der Waals surface area contributed by atoms with Crippen LogP contribution in [0.2, 0.25) is 0 Å². The summed E-state index contributed by atoms with van der Waals surface area (Å²) in [5, 5.41) is 29.6. The molecule has 3 N–H and O–H groups in total. The summed E-state index contributed by atoms with van der Waals surface area (Å²) < 4.78 is 11.2. The maximum Gasteiger partial charge on any atom is 0.161 e. The molecule has 0 aliphatic heterocycles. The lowest BCUT2D eigenvalue weighted by atomic mass is 9.85. The monoisotopic (exact) mass is 358 g/mol. The van der Waals surface area contributed by atoms with Gasteiger partial charge < -0.3 is 24.8 Å². The molecule has 0 aliphatic rings. The van der Waals surface area contributed by atoms with E-state index >= 15 is 0 Å². The summed E-state index contributed by atoms with van der Waals surface area (Å²) in [5.74, 6) is 0.0944. The molecule has 3 atom stereocenters. The van der Waals surface area contributed by atoms with Crippen molar-refractivity contribution in [3.05, 3.63) is 72.3 Å². The Morgan fingerprint density at radius 2 is 1.77 bits per heavy atom. The quantitative estimate of drug-likeness (QED) is 0.569. The third-order valence-electron chi connectivity index (χ3n) is 4.45. The van der Waals surface area contributed by atoms with Gasteiger partial charge in [0.1, 0.15) is 6.61 Å². The molecule has 0 spiro atoms. The first kappa shape index (κ1) is 20.0. The van der Waals surface area contributed by atoms with Gasteiger partial charge in [-0.25, -0.2) is 0 Å². The van der Waals surface area contributed by atoms with Crippen molar-refractivity contribution in [3.63, 3.8) is 0 Å². The number of benzene rings is 2. The minimum absolute atomic E-state index is 0.193. The van der Waals surface area contributed by atoms with E-state index in [1.807, 2.05) is 30.3 Å². The number of rotatable bonds is 10. The van der Waals surface area contributed by atoms with Crippen molar-refractivity contribution in [2.24, 2.45) is 11.8 Å². The fourth-order valence-electron chi connectivity index (χ4n) is 2.82. The van der Waals surface area contributed by atoms with E-state index in [2.05, 4.69) is 6.58 Å². The Morgan fingerprint density at radius 3 is 2.35 bits per heavy atom. The van der Waals surface area contributed by atoms with Gasteiger partial charge in [0.15, 0.2) is 11.5 Å². The highest BCUT2D eigenvalue weighted by Gasteiger charge is 2.27. The lowest BCUT2D eigenvalue weighted by Crippen LogP contribution is -2.26. The van der Waals surface area contributed by atoms with Crippen molar-refractivity contribution in [1.29, 1.82) is 0 Å². The molecule has 0 aliphatic carbocycles. The molecule has 2 aromatic rings. The second kappa shape index (κ2) is 9.97. The zero-order valence-electron chi connectivity index (χ0n) is 14.9. The second-order valence-electron chi connectivity index (χ2n) is 6.06. The van der Waals surface area contributed by atoms with Crippen molar-refractivity contribution < 1.29 is 24.8 Å². The molecular formula is C21H26O5. The fraction of sp³-hybridized carbons (Fsp3) is 0.333. The first-order valence-electron chi connectivity index (χ1n) is 8.51. The summed E-state index contributed by atoms with van der Waals surface area (Å²) in [6.07, 6.45) is 0.575. The van der Waals surface area contributed by atoms with E-state index in [0.29, 0.717) is 23.7 Å². The van der Waals surface area contributed by atoms with Gasteiger partial charge in [0.05, 0.1) is 13.2 Å². The van der Waals surface area contributed by atoms with E-state index in [1.54, 1.807) is 24.3 Å². The summed E-state index contributed by atoms with van der Waals surface area (Å²) in [7, 11) is 1.53. The molecule has 1 unspecified atom stereocenters. The molecule has 0 amide bonds. The van der Waals surface area contributed by atoms with Crippen LogP contribution in [0.3, 0.4) is 0 Å². The summed E-state index contributed by atoms with van der Waals surface area (Å²) in [6.45, 7) is 3.59. The first-order chi connectivity index (χ1) is 12.6. The van der Waals surface area contributed by atoms with Gasteiger partial charge in [0.25, 0.3) is 0 Å². The topological polar surface area (TPSA) is 79.2 Å². The average Bonchev–Trinajstić information content (AvgIpc) is 2.70. The van der Waals surface area contributed by atoms with Crippen LogP contribution >= 0.6 is 0 Å². The normalized spacial score (nSPS) is 14.3. The smallest absolute Gasteiger partial charge is 0.161 e. The highest BCUT2D eigenvalue weighted by atomic mass is 16.5. The van der Waals surface area contributed by atoms with Crippen LogP contribution in [0.1, 0.15) is 17.2 Å². The third kappa shape index (κ3) is 4.85. The van der Waals surface area contributed by atoms with E-state index in [-0.39, 0.29) is 13.2 Å². The Balaban J connectivity index is 2.17. The number of aliphatic hydroxyl groups excluding tert-OH is 3. The highest BCUT2D eigenvalue weighted by Crippen LogP contribution is 2.35. The van der Waals surface area contributed by atoms with Crippen LogP contribution in [0.4, 0.5) is 0 Å². The van der Waals surface area contributed by atoms with E-state index in [0.717, 1.165) is 5.56 Å². The van der Waals surface area contributed by atoms with E-state index in [1.165, 1.54) is 7.11 Å². The van der Waals surface area contributed by atoms with Crippen molar-refractivity contribution >= 4 is 0 Å². The van der Waals surface area contributed by atoms with Crippen molar-refractivity contribution in [2.75, 3.05) is 20.3 Å². The highest BCUT2D eigenvalue weighted by molar-refractivity contribution is 5.44. The molecule has 0 saturated carbocycles. The first-order valence-corrected chi connectivity index (χ1v) is 8.51. The molecule has 0 saturated heterocycles. The molecule has 140 valence electrons. The molecule has 0 heterocycles. The average molecular weight is 358 g/mol. The molecule has 5 heteroatoms. The molecule has 5 nitrogen and oxygen atoms in total. The van der Waals surface area contributed by atoms with Gasteiger partial charge in [-0.05, 0) is 23.3 Å². The lowest BCUT2D eigenvalue weighted by Gasteiger charge is -2.27. The van der Waals surface area contributed by atoms with Crippen molar-refractivity contribution in [1.82, 2.24) is 0 Å². The summed E-state index contributed by atoms with van der Waals surface area (Å²) in [5.41, 5.74) is 1.61. The molecule has 0 aromatic heterocycles. The molecule has 26 heavy (non-hydrogen) atoms. The van der Waals surface area contributed by atoms with Crippen LogP contribution in [0.25, 0.3) is 0 Å². The SMILES string of the molecule is C=C[C@@H](CO)[C@H](CO)C(O)c1ccc(OCc2ccccc2)c(OC)c1. The largest absolute Gasteiger partial charge is 0.493 e. The Kier molecular flexibility index (Phi) is 7.66. The molecule has 0 radical (unpaired) electrons. The number of hydrogen-bond acceptors (Lipinski definition) is 5. The Labute approximate surface area is 154 Å². The minimum atomic E-state index is -0.966. The van der Waals surface area contributed by atoms with Gasteiger partial charge in [-0.1, -0.05) is 42.5 Å². The minimum Gasteiger partial charge on any atom is -0.493 e. The van der Waals surface area contributed by atoms with Crippen molar-refractivity contribution in [2.45, 2.75) is 12.7 Å². The molecule has 0 bridgehead atoms. The Morgan fingerprint density at radius 1 is 1.04 bits per heavy atom. The zero-order valence-corrected chi connectivity index (χ0v) is 14.9. The van der Waals surface area contributed by atoms with E-state index < -0.39 is 17.9 Å².